The number of methoxy groups -OCH3 is 1. The average molecular weight is 374 g/mol. The van der Waals surface area contributed by atoms with Crippen molar-refractivity contribution in [2.75, 3.05) is 33.4 Å². The standard InChI is InChI=1S/C19H26N4O4/c1-27-10-4-8-19(12-24)11-22(9-7-17(19)25)18(26)15-5-2-3-6-16(15)23-13-20-21-14-23/h2-3,5-6,13-14,17,24-25H,4,7-12H2,1H3/t17-,19+/m1/s1. The summed E-state index contributed by atoms with van der Waals surface area (Å²) in [6, 6.07) is 7.29. The van der Waals surface area contributed by atoms with Gasteiger partial charge >= 0.3 is 0 Å². The van der Waals surface area contributed by atoms with Gasteiger partial charge < -0.3 is 19.8 Å². The van der Waals surface area contributed by atoms with Gasteiger partial charge in [0.1, 0.15) is 12.7 Å². The summed E-state index contributed by atoms with van der Waals surface area (Å²) in [7, 11) is 1.63. The van der Waals surface area contributed by atoms with Gasteiger partial charge in [-0.1, -0.05) is 12.1 Å². The van der Waals surface area contributed by atoms with Crippen molar-refractivity contribution in [1.29, 1.82) is 0 Å². The molecule has 0 saturated carbocycles. The van der Waals surface area contributed by atoms with Gasteiger partial charge in [-0.2, -0.15) is 0 Å². The predicted octanol–water partition coefficient (Wildman–Crippen LogP) is 0.879. The monoisotopic (exact) mass is 374 g/mol. The molecule has 1 aliphatic rings. The lowest BCUT2D eigenvalue weighted by Crippen LogP contribution is -2.55. The summed E-state index contributed by atoms with van der Waals surface area (Å²) in [5.41, 5.74) is 0.517. The van der Waals surface area contributed by atoms with E-state index in [9.17, 15) is 15.0 Å². The molecule has 0 aliphatic carbocycles. The number of aromatic nitrogens is 3. The van der Waals surface area contributed by atoms with Gasteiger partial charge in [0.15, 0.2) is 0 Å². The van der Waals surface area contributed by atoms with E-state index in [4.69, 9.17) is 4.74 Å². The quantitative estimate of drug-likeness (QED) is 0.698. The fraction of sp³-hybridized carbons (Fsp3) is 0.526. The molecule has 27 heavy (non-hydrogen) atoms. The molecule has 1 aliphatic heterocycles. The number of likely N-dealkylation sites (tertiary alicyclic amines) is 1. The fourth-order valence-corrected chi connectivity index (χ4v) is 3.75. The van der Waals surface area contributed by atoms with Crippen molar-refractivity contribution in [3.05, 3.63) is 42.5 Å². The minimum absolute atomic E-state index is 0.129. The lowest BCUT2D eigenvalue weighted by Gasteiger charge is -2.45. The number of ether oxygens (including phenoxy) is 1. The van der Waals surface area contributed by atoms with Gasteiger partial charge in [-0.25, -0.2) is 0 Å². The first-order valence-electron chi connectivity index (χ1n) is 9.12. The van der Waals surface area contributed by atoms with Crippen LogP contribution in [0.4, 0.5) is 0 Å². The number of hydrogen-bond acceptors (Lipinski definition) is 6. The van der Waals surface area contributed by atoms with Gasteiger partial charge in [0.05, 0.1) is 24.0 Å². The second kappa shape index (κ2) is 8.60. The molecule has 146 valence electrons. The Morgan fingerprint density at radius 2 is 2.07 bits per heavy atom. The number of para-hydroxylation sites is 1. The van der Waals surface area contributed by atoms with Gasteiger partial charge in [0.25, 0.3) is 5.91 Å². The number of nitrogens with zero attached hydrogens (tertiary/aromatic N) is 4. The molecule has 1 aromatic heterocycles. The van der Waals surface area contributed by atoms with Crippen molar-refractivity contribution >= 4 is 5.91 Å². The van der Waals surface area contributed by atoms with E-state index in [0.29, 0.717) is 50.2 Å². The molecule has 3 rings (SSSR count). The Balaban J connectivity index is 1.83. The van der Waals surface area contributed by atoms with E-state index in [0.717, 1.165) is 0 Å². The third-order valence-corrected chi connectivity index (χ3v) is 5.34. The summed E-state index contributed by atoms with van der Waals surface area (Å²) < 4.78 is 6.80. The Labute approximate surface area is 158 Å². The summed E-state index contributed by atoms with van der Waals surface area (Å²) in [5, 5.41) is 28.2. The molecule has 2 N–H and O–H groups in total. The molecular formula is C19H26N4O4. The van der Waals surface area contributed by atoms with Gasteiger partial charge in [-0.3, -0.25) is 9.36 Å². The minimum atomic E-state index is -0.724. The van der Waals surface area contributed by atoms with Crippen LogP contribution in [-0.2, 0) is 4.74 Å². The number of carbonyl (C=O) groups excluding carboxylic acids is 1. The van der Waals surface area contributed by atoms with Gasteiger partial charge in [0, 0.05) is 32.2 Å². The second-order valence-electron chi connectivity index (χ2n) is 7.03. The van der Waals surface area contributed by atoms with E-state index in [-0.39, 0.29) is 12.5 Å². The first-order valence-corrected chi connectivity index (χ1v) is 9.12. The Hall–Kier alpha value is -2.29. The van der Waals surface area contributed by atoms with Gasteiger partial charge in [0.2, 0.25) is 0 Å². The summed E-state index contributed by atoms with van der Waals surface area (Å²) in [6.07, 6.45) is 4.21. The molecule has 1 fully saturated rings. The zero-order valence-electron chi connectivity index (χ0n) is 15.5. The molecule has 2 heterocycles. The Kier molecular flexibility index (Phi) is 6.20. The number of aliphatic hydroxyl groups excluding tert-OH is 2. The number of carbonyl (C=O) groups is 1. The van der Waals surface area contributed by atoms with E-state index in [2.05, 4.69) is 10.2 Å². The topological polar surface area (TPSA) is 101 Å². The third kappa shape index (κ3) is 4.02. The molecule has 1 aromatic carbocycles. The van der Waals surface area contributed by atoms with Crippen molar-refractivity contribution in [1.82, 2.24) is 19.7 Å². The number of hydrogen-bond donors (Lipinski definition) is 2. The minimum Gasteiger partial charge on any atom is -0.396 e. The molecular weight excluding hydrogens is 348 g/mol. The van der Waals surface area contributed by atoms with E-state index >= 15 is 0 Å². The van der Waals surface area contributed by atoms with Crippen molar-refractivity contribution in [2.45, 2.75) is 25.4 Å². The van der Waals surface area contributed by atoms with Crippen LogP contribution < -0.4 is 0 Å². The maximum absolute atomic E-state index is 13.2. The first-order chi connectivity index (χ1) is 13.1. The molecule has 2 aromatic rings. The van der Waals surface area contributed by atoms with Crippen molar-refractivity contribution < 1.29 is 19.7 Å². The van der Waals surface area contributed by atoms with Crippen LogP contribution in [0.1, 0.15) is 29.6 Å². The Bertz CT molecular complexity index is 752. The van der Waals surface area contributed by atoms with Crippen LogP contribution in [0.2, 0.25) is 0 Å². The van der Waals surface area contributed by atoms with Crippen LogP contribution >= 0.6 is 0 Å². The summed E-state index contributed by atoms with van der Waals surface area (Å²) in [4.78, 5) is 15.0. The second-order valence-corrected chi connectivity index (χ2v) is 7.03. The van der Waals surface area contributed by atoms with Crippen LogP contribution in [0, 0.1) is 5.41 Å². The van der Waals surface area contributed by atoms with Crippen LogP contribution in [0.25, 0.3) is 5.69 Å². The number of rotatable bonds is 7. The number of aliphatic hydroxyl groups is 2. The van der Waals surface area contributed by atoms with Crippen LogP contribution in [0.5, 0.6) is 0 Å². The number of benzene rings is 1. The zero-order valence-corrected chi connectivity index (χ0v) is 15.5. The molecule has 8 nitrogen and oxygen atoms in total. The van der Waals surface area contributed by atoms with Crippen molar-refractivity contribution in [3.8, 4) is 5.69 Å². The number of piperidine rings is 1. The molecule has 1 amide bonds. The highest BCUT2D eigenvalue weighted by Gasteiger charge is 2.43. The molecule has 0 unspecified atom stereocenters. The third-order valence-electron chi connectivity index (χ3n) is 5.34. The Morgan fingerprint density at radius 3 is 2.78 bits per heavy atom. The summed E-state index contributed by atoms with van der Waals surface area (Å²) >= 11 is 0. The van der Waals surface area contributed by atoms with Gasteiger partial charge in [-0.05, 0) is 31.4 Å². The van der Waals surface area contributed by atoms with Crippen molar-refractivity contribution in [2.24, 2.45) is 5.41 Å². The zero-order chi connectivity index (χ0) is 19.3. The predicted molar refractivity (Wildman–Crippen MR) is 98.5 cm³/mol. The smallest absolute Gasteiger partial charge is 0.256 e. The van der Waals surface area contributed by atoms with Crippen LogP contribution in [-0.4, -0.2) is 75.3 Å². The molecule has 1 saturated heterocycles. The molecule has 0 spiro atoms. The van der Waals surface area contributed by atoms with E-state index in [1.54, 1.807) is 35.3 Å². The summed E-state index contributed by atoms with van der Waals surface area (Å²) in [5.74, 6) is -0.129. The lowest BCUT2D eigenvalue weighted by atomic mass is 9.74. The Morgan fingerprint density at radius 1 is 1.33 bits per heavy atom. The molecule has 0 bridgehead atoms. The van der Waals surface area contributed by atoms with E-state index < -0.39 is 11.5 Å². The van der Waals surface area contributed by atoms with E-state index in [1.165, 1.54) is 0 Å². The largest absolute Gasteiger partial charge is 0.396 e. The van der Waals surface area contributed by atoms with E-state index in [1.807, 2.05) is 18.2 Å². The average Bonchev–Trinajstić information content (AvgIpc) is 3.24. The number of amides is 1. The molecule has 8 heteroatoms. The first kappa shape index (κ1) is 19.5. The maximum atomic E-state index is 13.2. The SMILES string of the molecule is COCCC[C@@]1(CO)CN(C(=O)c2ccccc2-n2cnnc2)CC[C@H]1O. The summed E-state index contributed by atoms with van der Waals surface area (Å²) in [6.45, 7) is 1.14. The maximum Gasteiger partial charge on any atom is 0.256 e. The van der Waals surface area contributed by atoms with Gasteiger partial charge in [-0.15, -0.1) is 10.2 Å². The highest BCUT2D eigenvalue weighted by molar-refractivity contribution is 5.97. The lowest BCUT2D eigenvalue weighted by molar-refractivity contribution is -0.0745. The normalized spacial score (nSPS) is 22.8. The highest BCUT2D eigenvalue weighted by atomic mass is 16.5. The fourth-order valence-electron chi connectivity index (χ4n) is 3.75. The van der Waals surface area contributed by atoms with Crippen molar-refractivity contribution in [3.63, 3.8) is 0 Å². The van der Waals surface area contributed by atoms with Crippen LogP contribution in [0.15, 0.2) is 36.9 Å². The molecule has 0 radical (unpaired) electrons. The van der Waals surface area contributed by atoms with Crippen LogP contribution in [0.3, 0.4) is 0 Å². The highest BCUT2D eigenvalue weighted by Crippen LogP contribution is 2.35. The molecule has 2 atom stereocenters.